The lowest BCUT2D eigenvalue weighted by atomic mass is 10.5. The molecule has 0 unspecified atom stereocenters. The summed E-state index contributed by atoms with van der Waals surface area (Å²) in [6.07, 6.45) is 0.285. The summed E-state index contributed by atoms with van der Waals surface area (Å²) < 4.78 is 30.2. The van der Waals surface area contributed by atoms with Gasteiger partial charge in [-0.15, -0.1) is 10.2 Å². The van der Waals surface area contributed by atoms with Gasteiger partial charge in [-0.25, -0.2) is 13.1 Å². The molecule has 0 aliphatic heterocycles. The van der Waals surface area contributed by atoms with E-state index < -0.39 is 10.0 Å². The minimum absolute atomic E-state index is 0.148. The van der Waals surface area contributed by atoms with E-state index in [1.807, 2.05) is 0 Å². The molecule has 0 fully saturated rings. The Kier molecular flexibility index (Phi) is 5.59. The Labute approximate surface area is 109 Å². The molecule has 0 aliphatic rings. The SMILES string of the molecule is CCC(=O)Nc1nnc(S(=O)(=O)NCCOC)s1. The number of nitrogens with one attached hydrogen (secondary N) is 2. The molecule has 8 nitrogen and oxygen atoms in total. The Morgan fingerprint density at radius 1 is 1.44 bits per heavy atom. The van der Waals surface area contributed by atoms with Crippen LogP contribution in [0.4, 0.5) is 5.13 Å². The van der Waals surface area contributed by atoms with Crippen LogP contribution in [0.15, 0.2) is 4.34 Å². The number of carbonyl (C=O) groups is 1. The molecule has 1 rings (SSSR count). The third-order valence-electron chi connectivity index (χ3n) is 1.80. The highest BCUT2D eigenvalue weighted by Crippen LogP contribution is 2.19. The second-order valence-electron chi connectivity index (χ2n) is 3.17. The Balaban J connectivity index is 2.69. The number of rotatable bonds is 7. The van der Waals surface area contributed by atoms with Crippen molar-refractivity contribution in [2.24, 2.45) is 0 Å². The summed E-state index contributed by atoms with van der Waals surface area (Å²) >= 11 is 0.796. The summed E-state index contributed by atoms with van der Waals surface area (Å²) in [4.78, 5) is 11.1. The van der Waals surface area contributed by atoms with Gasteiger partial charge in [0, 0.05) is 20.1 Å². The number of hydrogen-bond acceptors (Lipinski definition) is 7. The molecule has 0 saturated heterocycles. The van der Waals surface area contributed by atoms with E-state index in [4.69, 9.17) is 4.74 Å². The average Bonchev–Trinajstić information content (AvgIpc) is 2.78. The van der Waals surface area contributed by atoms with Gasteiger partial charge in [-0.2, -0.15) is 0 Å². The van der Waals surface area contributed by atoms with Crippen LogP contribution < -0.4 is 10.0 Å². The molecule has 1 amide bonds. The normalized spacial score (nSPS) is 11.4. The lowest BCUT2D eigenvalue weighted by molar-refractivity contribution is -0.115. The largest absolute Gasteiger partial charge is 0.383 e. The van der Waals surface area contributed by atoms with Crippen LogP contribution in [-0.2, 0) is 19.6 Å². The van der Waals surface area contributed by atoms with Crippen LogP contribution in [0.25, 0.3) is 0 Å². The first-order valence-electron chi connectivity index (χ1n) is 5.11. The summed E-state index contributed by atoms with van der Waals surface area (Å²) in [5.41, 5.74) is 0. The minimum Gasteiger partial charge on any atom is -0.383 e. The molecular weight excluding hydrogens is 280 g/mol. The first-order chi connectivity index (χ1) is 8.49. The quantitative estimate of drug-likeness (QED) is 0.533. The number of methoxy groups -OCH3 is 1. The smallest absolute Gasteiger partial charge is 0.269 e. The van der Waals surface area contributed by atoms with Gasteiger partial charge in [0.25, 0.3) is 10.0 Å². The fourth-order valence-electron chi connectivity index (χ4n) is 0.916. The molecule has 1 heterocycles. The third-order valence-corrected chi connectivity index (χ3v) is 4.47. The van der Waals surface area contributed by atoms with Crippen LogP contribution in [0.1, 0.15) is 13.3 Å². The zero-order chi connectivity index (χ0) is 13.6. The number of anilines is 1. The third kappa shape index (κ3) is 4.29. The summed E-state index contributed by atoms with van der Waals surface area (Å²) in [5, 5.41) is 9.70. The number of hydrogen-bond donors (Lipinski definition) is 2. The summed E-state index contributed by atoms with van der Waals surface area (Å²) in [5.74, 6) is -0.248. The lowest BCUT2D eigenvalue weighted by Gasteiger charge is -2.01. The highest BCUT2D eigenvalue weighted by molar-refractivity contribution is 7.91. The van der Waals surface area contributed by atoms with Gasteiger partial charge < -0.3 is 10.1 Å². The zero-order valence-corrected chi connectivity index (χ0v) is 11.6. The number of nitrogens with zero attached hydrogens (tertiary/aromatic N) is 2. The molecule has 18 heavy (non-hydrogen) atoms. The van der Waals surface area contributed by atoms with Crippen molar-refractivity contribution in [3.8, 4) is 0 Å². The molecule has 0 atom stereocenters. The molecule has 1 aromatic heterocycles. The fraction of sp³-hybridized carbons (Fsp3) is 0.625. The Morgan fingerprint density at radius 3 is 2.78 bits per heavy atom. The van der Waals surface area contributed by atoms with Crippen LogP contribution >= 0.6 is 11.3 Å². The van der Waals surface area contributed by atoms with E-state index in [1.165, 1.54) is 7.11 Å². The minimum atomic E-state index is -3.69. The average molecular weight is 294 g/mol. The van der Waals surface area contributed by atoms with E-state index >= 15 is 0 Å². The summed E-state index contributed by atoms with van der Waals surface area (Å²) in [6.45, 7) is 2.09. The van der Waals surface area contributed by atoms with Crippen molar-refractivity contribution in [3.05, 3.63) is 0 Å². The van der Waals surface area contributed by atoms with Gasteiger partial charge in [0.2, 0.25) is 15.4 Å². The maximum atomic E-state index is 11.7. The van der Waals surface area contributed by atoms with Crippen molar-refractivity contribution >= 4 is 32.4 Å². The molecule has 1 aromatic rings. The predicted molar refractivity (Wildman–Crippen MR) is 65.9 cm³/mol. The van der Waals surface area contributed by atoms with Crippen LogP contribution in [0, 0.1) is 0 Å². The molecule has 0 aromatic carbocycles. The first-order valence-corrected chi connectivity index (χ1v) is 7.41. The van der Waals surface area contributed by atoms with Crippen molar-refractivity contribution in [1.82, 2.24) is 14.9 Å². The van der Waals surface area contributed by atoms with E-state index in [0.29, 0.717) is 0 Å². The molecule has 10 heteroatoms. The van der Waals surface area contributed by atoms with Crippen LogP contribution in [0.3, 0.4) is 0 Å². The standard InChI is InChI=1S/C8H14N4O4S2/c1-3-6(13)10-7-11-12-8(17-7)18(14,15)9-4-5-16-2/h9H,3-5H2,1-2H3,(H,10,11,13). The van der Waals surface area contributed by atoms with Gasteiger partial charge in [0.05, 0.1) is 6.61 Å². The molecule has 102 valence electrons. The lowest BCUT2D eigenvalue weighted by Crippen LogP contribution is -2.27. The highest BCUT2D eigenvalue weighted by atomic mass is 32.2. The number of sulfonamides is 1. The van der Waals surface area contributed by atoms with E-state index in [-0.39, 0.29) is 35.0 Å². The van der Waals surface area contributed by atoms with Gasteiger partial charge in [0.1, 0.15) is 0 Å². The van der Waals surface area contributed by atoms with Crippen LogP contribution in [-0.4, -0.2) is 44.8 Å². The number of carbonyl (C=O) groups excluding carboxylic acids is 1. The second kappa shape index (κ2) is 6.73. The monoisotopic (exact) mass is 294 g/mol. The van der Waals surface area contributed by atoms with Crippen molar-refractivity contribution < 1.29 is 17.9 Å². The predicted octanol–water partition coefficient (Wildman–Crippen LogP) is -0.189. The van der Waals surface area contributed by atoms with Crippen molar-refractivity contribution in [3.63, 3.8) is 0 Å². The molecule has 0 bridgehead atoms. The molecular formula is C8H14N4O4S2. The van der Waals surface area contributed by atoms with Crippen molar-refractivity contribution in [2.45, 2.75) is 17.7 Å². The molecule has 0 radical (unpaired) electrons. The zero-order valence-electron chi connectivity index (χ0n) is 9.97. The molecule has 2 N–H and O–H groups in total. The number of amides is 1. The number of ether oxygens (including phenoxy) is 1. The van der Waals surface area contributed by atoms with Gasteiger partial charge in [0.15, 0.2) is 0 Å². The van der Waals surface area contributed by atoms with E-state index in [1.54, 1.807) is 6.92 Å². The Morgan fingerprint density at radius 2 is 2.17 bits per heavy atom. The van der Waals surface area contributed by atoms with Gasteiger partial charge in [-0.3, -0.25) is 4.79 Å². The van der Waals surface area contributed by atoms with Gasteiger partial charge in [-0.1, -0.05) is 18.3 Å². The Hall–Kier alpha value is -1.10. The molecule has 0 aliphatic carbocycles. The van der Waals surface area contributed by atoms with Crippen molar-refractivity contribution in [1.29, 1.82) is 0 Å². The maximum absolute atomic E-state index is 11.7. The van der Waals surface area contributed by atoms with Crippen LogP contribution in [0.2, 0.25) is 0 Å². The highest BCUT2D eigenvalue weighted by Gasteiger charge is 2.20. The fourth-order valence-corrected chi connectivity index (χ4v) is 2.89. The Bertz CT molecular complexity index is 499. The van der Waals surface area contributed by atoms with E-state index in [9.17, 15) is 13.2 Å². The number of aromatic nitrogens is 2. The summed E-state index contributed by atoms with van der Waals surface area (Å²) in [6, 6.07) is 0. The molecule has 0 saturated carbocycles. The van der Waals surface area contributed by atoms with Gasteiger partial charge >= 0.3 is 0 Å². The topological polar surface area (TPSA) is 110 Å². The van der Waals surface area contributed by atoms with Gasteiger partial charge in [-0.05, 0) is 0 Å². The van der Waals surface area contributed by atoms with Crippen molar-refractivity contribution in [2.75, 3.05) is 25.6 Å². The van der Waals surface area contributed by atoms with E-state index in [0.717, 1.165) is 11.3 Å². The van der Waals surface area contributed by atoms with Crippen LogP contribution in [0.5, 0.6) is 0 Å². The second-order valence-corrected chi connectivity index (χ2v) is 6.08. The summed E-state index contributed by atoms with van der Waals surface area (Å²) in [7, 11) is -2.22. The molecule has 0 spiro atoms. The maximum Gasteiger partial charge on any atom is 0.269 e. The first kappa shape index (κ1) is 15.0. The van der Waals surface area contributed by atoms with E-state index in [2.05, 4.69) is 20.2 Å².